The van der Waals surface area contributed by atoms with Gasteiger partial charge in [0.1, 0.15) is 5.75 Å². The van der Waals surface area contributed by atoms with Crippen LogP contribution in [0.2, 0.25) is 5.02 Å². The number of amides is 2. The SMILES string of the molecule is CCN(Cc1ccccc1)C(=O)CCN1C(=O)C(C)(C)Oc2ccc(Cl)cc21. The van der Waals surface area contributed by atoms with Gasteiger partial charge >= 0.3 is 0 Å². The van der Waals surface area contributed by atoms with Crippen molar-refractivity contribution in [3.8, 4) is 5.75 Å². The Morgan fingerprint density at radius 1 is 1.18 bits per heavy atom. The van der Waals surface area contributed by atoms with Crippen molar-refractivity contribution >= 4 is 29.1 Å². The number of benzene rings is 2. The molecule has 0 saturated carbocycles. The van der Waals surface area contributed by atoms with E-state index in [0.29, 0.717) is 29.5 Å². The summed E-state index contributed by atoms with van der Waals surface area (Å²) in [5.74, 6) is 0.422. The largest absolute Gasteiger partial charge is 0.476 e. The van der Waals surface area contributed by atoms with Crippen LogP contribution in [0.15, 0.2) is 48.5 Å². The van der Waals surface area contributed by atoms with E-state index in [0.717, 1.165) is 5.56 Å². The number of hydrogen-bond donors (Lipinski definition) is 0. The molecule has 2 amide bonds. The van der Waals surface area contributed by atoms with Gasteiger partial charge in [-0.15, -0.1) is 0 Å². The van der Waals surface area contributed by atoms with Gasteiger partial charge < -0.3 is 14.5 Å². The van der Waals surface area contributed by atoms with E-state index in [1.807, 2.05) is 37.3 Å². The zero-order valence-corrected chi connectivity index (χ0v) is 17.2. The maximum atomic E-state index is 12.9. The minimum Gasteiger partial charge on any atom is -0.476 e. The molecule has 0 aromatic heterocycles. The molecule has 28 heavy (non-hydrogen) atoms. The van der Waals surface area contributed by atoms with Crippen LogP contribution in [0.25, 0.3) is 0 Å². The number of ether oxygens (including phenoxy) is 1. The average molecular weight is 401 g/mol. The van der Waals surface area contributed by atoms with Gasteiger partial charge in [-0.1, -0.05) is 41.9 Å². The van der Waals surface area contributed by atoms with Crippen molar-refractivity contribution < 1.29 is 14.3 Å². The van der Waals surface area contributed by atoms with Crippen molar-refractivity contribution in [3.63, 3.8) is 0 Å². The van der Waals surface area contributed by atoms with Crippen LogP contribution in [0.4, 0.5) is 5.69 Å². The molecule has 1 aliphatic rings. The number of carbonyl (C=O) groups is 2. The monoisotopic (exact) mass is 400 g/mol. The molecule has 0 unspecified atom stereocenters. The molecule has 2 aromatic carbocycles. The molecule has 5 nitrogen and oxygen atoms in total. The molecule has 0 spiro atoms. The second kappa shape index (κ2) is 8.23. The molecule has 0 aliphatic carbocycles. The highest BCUT2D eigenvalue weighted by Crippen LogP contribution is 2.39. The molecular formula is C22H25ClN2O3. The first kappa shape index (κ1) is 20.2. The molecular weight excluding hydrogens is 376 g/mol. The van der Waals surface area contributed by atoms with Gasteiger partial charge in [0.05, 0.1) is 5.69 Å². The Balaban J connectivity index is 1.74. The third kappa shape index (κ3) is 4.30. The Hall–Kier alpha value is -2.53. The highest BCUT2D eigenvalue weighted by atomic mass is 35.5. The molecule has 0 radical (unpaired) electrons. The van der Waals surface area contributed by atoms with Crippen LogP contribution in [0.1, 0.15) is 32.8 Å². The lowest BCUT2D eigenvalue weighted by molar-refractivity contribution is -0.133. The maximum Gasteiger partial charge on any atom is 0.270 e. The number of hydrogen-bond acceptors (Lipinski definition) is 3. The number of nitrogens with zero attached hydrogens (tertiary/aromatic N) is 2. The molecule has 0 bridgehead atoms. The Bertz CT molecular complexity index is 867. The zero-order valence-electron chi connectivity index (χ0n) is 16.4. The van der Waals surface area contributed by atoms with Crippen molar-refractivity contribution in [2.75, 3.05) is 18.0 Å². The minimum absolute atomic E-state index is 0.00651. The molecule has 0 fully saturated rings. The van der Waals surface area contributed by atoms with E-state index in [2.05, 4.69) is 0 Å². The number of anilines is 1. The van der Waals surface area contributed by atoms with Crippen molar-refractivity contribution in [3.05, 3.63) is 59.1 Å². The topological polar surface area (TPSA) is 49.9 Å². The van der Waals surface area contributed by atoms with Crippen LogP contribution in [0.3, 0.4) is 0 Å². The lowest BCUT2D eigenvalue weighted by atomic mass is 10.0. The third-order valence-corrected chi connectivity index (χ3v) is 5.07. The normalized spacial score (nSPS) is 15.0. The first-order chi connectivity index (χ1) is 13.3. The summed E-state index contributed by atoms with van der Waals surface area (Å²) in [7, 11) is 0. The molecule has 3 rings (SSSR count). The standard InChI is InChI=1S/C22H25ClN2O3/c1-4-24(15-16-8-6-5-7-9-16)20(26)12-13-25-18-14-17(23)10-11-19(18)28-22(2,3)21(25)27/h5-11,14H,4,12-13,15H2,1-3H3. The Morgan fingerprint density at radius 3 is 2.57 bits per heavy atom. The van der Waals surface area contributed by atoms with E-state index < -0.39 is 5.60 Å². The average Bonchev–Trinajstić information content (AvgIpc) is 2.67. The van der Waals surface area contributed by atoms with Crippen molar-refractivity contribution in [2.24, 2.45) is 0 Å². The minimum atomic E-state index is -0.988. The summed E-state index contributed by atoms with van der Waals surface area (Å²) < 4.78 is 5.83. The summed E-state index contributed by atoms with van der Waals surface area (Å²) in [5.41, 5.74) is 0.701. The highest BCUT2D eigenvalue weighted by Gasteiger charge is 2.41. The number of carbonyl (C=O) groups excluding carboxylic acids is 2. The lowest BCUT2D eigenvalue weighted by Gasteiger charge is -2.39. The molecule has 148 valence electrons. The first-order valence-corrected chi connectivity index (χ1v) is 9.82. The fourth-order valence-corrected chi connectivity index (χ4v) is 3.47. The molecule has 1 heterocycles. The predicted molar refractivity (Wildman–Crippen MR) is 111 cm³/mol. The summed E-state index contributed by atoms with van der Waals surface area (Å²) in [6.45, 7) is 6.87. The van der Waals surface area contributed by atoms with Gasteiger partial charge in [0.15, 0.2) is 5.60 Å². The number of fused-ring (bicyclic) bond motifs is 1. The number of halogens is 1. The van der Waals surface area contributed by atoms with Crippen molar-refractivity contribution in [1.82, 2.24) is 4.90 Å². The quantitative estimate of drug-likeness (QED) is 0.727. The molecule has 0 saturated heterocycles. The van der Waals surface area contributed by atoms with E-state index in [1.165, 1.54) is 0 Å². The van der Waals surface area contributed by atoms with Gasteiger partial charge in [-0.05, 0) is 44.5 Å². The fraction of sp³-hybridized carbons (Fsp3) is 0.364. The Morgan fingerprint density at radius 2 is 1.89 bits per heavy atom. The predicted octanol–water partition coefficient (Wildman–Crippen LogP) is 4.28. The molecule has 2 aromatic rings. The summed E-state index contributed by atoms with van der Waals surface area (Å²) in [6, 6.07) is 15.1. The third-order valence-electron chi connectivity index (χ3n) is 4.84. The zero-order chi connectivity index (χ0) is 20.3. The Labute approximate surface area is 170 Å². The molecule has 0 N–H and O–H groups in total. The summed E-state index contributed by atoms with van der Waals surface area (Å²) in [4.78, 5) is 29.1. The second-order valence-electron chi connectivity index (χ2n) is 7.32. The smallest absolute Gasteiger partial charge is 0.270 e. The van der Waals surface area contributed by atoms with Crippen molar-refractivity contribution in [1.29, 1.82) is 0 Å². The molecule has 6 heteroatoms. The van der Waals surface area contributed by atoms with E-state index >= 15 is 0 Å². The second-order valence-corrected chi connectivity index (χ2v) is 7.76. The Kier molecular flexibility index (Phi) is 5.94. The van der Waals surface area contributed by atoms with Gasteiger partial charge in [0.25, 0.3) is 5.91 Å². The van der Waals surface area contributed by atoms with Gasteiger partial charge in [0.2, 0.25) is 5.91 Å². The van der Waals surface area contributed by atoms with Crippen LogP contribution < -0.4 is 9.64 Å². The highest BCUT2D eigenvalue weighted by molar-refractivity contribution is 6.31. The molecule has 0 atom stereocenters. The fourth-order valence-electron chi connectivity index (χ4n) is 3.31. The van der Waals surface area contributed by atoms with Gasteiger partial charge in [0, 0.05) is 31.1 Å². The van der Waals surface area contributed by atoms with Crippen LogP contribution in [0.5, 0.6) is 5.75 Å². The van der Waals surface area contributed by atoms with Gasteiger partial charge in [-0.25, -0.2) is 0 Å². The van der Waals surface area contributed by atoms with E-state index in [4.69, 9.17) is 16.3 Å². The van der Waals surface area contributed by atoms with E-state index in [-0.39, 0.29) is 24.8 Å². The van der Waals surface area contributed by atoms with Crippen LogP contribution in [0, 0.1) is 0 Å². The van der Waals surface area contributed by atoms with E-state index in [1.54, 1.807) is 41.8 Å². The van der Waals surface area contributed by atoms with Crippen molar-refractivity contribution in [2.45, 2.75) is 39.3 Å². The summed E-state index contributed by atoms with van der Waals surface area (Å²) in [6.07, 6.45) is 0.231. The molecule has 1 aliphatic heterocycles. The van der Waals surface area contributed by atoms with Gasteiger partial charge in [-0.3, -0.25) is 9.59 Å². The van der Waals surface area contributed by atoms with Crippen LogP contribution in [-0.4, -0.2) is 35.4 Å². The lowest BCUT2D eigenvalue weighted by Crippen LogP contribution is -2.53. The summed E-state index contributed by atoms with van der Waals surface area (Å²) >= 11 is 6.12. The van der Waals surface area contributed by atoms with Crippen LogP contribution in [-0.2, 0) is 16.1 Å². The first-order valence-electron chi connectivity index (χ1n) is 9.44. The van der Waals surface area contributed by atoms with Gasteiger partial charge in [-0.2, -0.15) is 0 Å². The summed E-state index contributed by atoms with van der Waals surface area (Å²) in [5, 5.41) is 0.519. The number of rotatable bonds is 6. The van der Waals surface area contributed by atoms with Crippen LogP contribution >= 0.6 is 11.6 Å². The van der Waals surface area contributed by atoms with E-state index in [9.17, 15) is 9.59 Å². The maximum absolute atomic E-state index is 12.9.